The predicted molar refractivity (Wildman–Crippen MR) is 136 cm³/mol. The Kier molecular flexibility index (Phi) is 4.57. The van der Waals surface area contributed by atoms with Gasteiger partial charge in [0.25, 0.3) is 0 Å². The minimum Gasteiger partial charge on any atom is -0.504 e. The molecule has 36 heavy (non-hydrogen) atoms. The Bertz CT molecular complexity index is 1200. The van der Waals surface area contributed by atoms with Crippen LogP contribution in [-0.2, 0) is 27.9 Å². The Morgan fingerprint density at radius 1 is 1.08 bits per heavy atom. The maximum atomic E-state index is 11.0. The summed E-state index contributed by atoms with van der Waals surface area (Å²) in [5.41, 5.74) is 3.64. The normalized spacial score (nSPS) is 39.6. The summed E-state index contributed by atoms with van der Waals surface area (Å²) in [7, 11) is 1.88. The van der Waals surface area contributed by atoms with E-state index in [9.17, 15) is 5.11 Å². The van der Waals surface area contributed by atoms with Crippen LogP contribution in [-0.4, -0.2) is 54.6 Å². The van der Waals surface area contributed by atoms with Crippen LogP contribution in [0.4, 0.5) is 0 Å². The van der Waals surface area contributed by atoms with Crippen molar-refractivity contribution < 1.29 is 19.3 Å². The Morgan fingerprint density at radius 3 is 2.75 bits per heavy atom. The molecule has 4 bridgehead atoms. The lowest BCUT2D eigenvalue weighted by Gasteiger charge is -2.74. The molecule has 5 nitrogen and oxygen atoms in total. The van der Waals surface area contributed by atoms with Crippen molar-refractivity contribution in [2.24, 2.45) is 17.3 Å². The van der Waals surface area contributed by atoms with Crippen LogP contribution in [0.25, 0.3) is 0 Å². The monoisotopic (exact) mass is 487 g/mol. The maximum absolute atomic E-state index is 11.0. The molecule has 4 saturated carbocycles. The quantitative estimate of drug-likeness (QED) is 0.606. The molecule has 0 aromatic heterocycles. The molecule has 190 valence electrons. The van der Waals surface area contributed by atoms with Crippen molar-refractivity contribution in [1.82, 2.24) is 4.90 Å². The molecule has 1 saturated heterocycles. The fourth-order valence-corrected chi connectivity index (χ4v) is 9.64. The minimum atomic E-state index is -0.387. The van der Waals surface area contributed by atoms with Gasteiger partial charge in [0.2, 0.25) is 0 Å². The zero-order valence-electron chi connectivity index (χ0n) is 21.2. The summed E-state index contributed by atoms with van der Waals surface area (Å²) in [6.45, 7) is 3.69. The van der Waals surface area contributed by atoms with Gasteiger partial charge >= 0.3 is 0 Å². The van der Waals surface area contributed by atoms with Gasteiger partial charge in [0, 0.05) is 42.0 Å². The van der Waals surface area contributed by atoms with Crippen LogP contribution < -0.4 is 4.74 Å². The van der Waals surface area contributed by atoms with Crippen LogP contribution in [0.3, 0.4) is 0 Å². The van der Waals surface area contributed by atoms with E-state index in [1.807, 2.05) is 13.2 Å². The number of phenolic OH excluding ortho intramolecular Hbond substituents is 1. The van der Waals surface area contributed by atoms with Gasteiger partial charge < -0.3 is 19.3 Å². The van der Waals surface area contributed by atoms with Gasteiger partial charge in [-0.1, -0.05) is 36.4 Å². The summed E-state index contributed by atoms with van der Waals surface area (Å²) in [6.07, 6.45) is 8.21. The molecule has 6 atom stereocenters. The van der Waals surface area contributed by atoms with E-state index in [4.69, 9.17) is 14.2 Å². The first-order chi connectivity index (χ1) is 17.6. The summed E-state index contributed by atoms with van der Waals surface area (Å²) in [6, 6.07) is 15.1. The first kappa shape index (κ1) is 22.0. The lowest BCUT2D eigenvalue weighted by molar-refractivity contribution is -0.283. The van der Waals surface area contributed by atoms with Crippen LogP contribution in [0.15, 0.2) is 42.5 Å². The van der Waals surface area contributed by atoms with Crippen molar-refractivity contribution in [3.8, 4) is 11.5 Å². The predicted octanol–water partition coefficient (Wildman–Crippen LogP) is 4.83. The summed E-state index contributed by atoms with van der Waals surface area (Å²) < 4.78 is 19.9. The smallest absolute Gasteiger partial charge is 0.165 e. The largest absolute Gasteiger partial charge is 0.504 e. The van der Waals surface area contributed by atoms with Gasteiger partial charge in [-0.2, -0.15) is 0 Å². The van der Waals surface area contributed by atoms with E-state index >= 15 is 0 Å². The van der Waals surface area contributed by atoms with Crippen LogP contribution in [0.1, 0.15) is 55.2 Å². The lowest BCUT2D eigenvalue weighted by atomic mass is 9.35. The molecule has 1 N–H and O–H groups in total. The van der Waals surface area contributed by atoms with Gasteiger partial charge in [-0.15, -0.1) is 0 Å². The van der Waals surface area contributed by atoms with Crippen LogP contribution >= 0.6 is 0 Å². The van der Waals surface area contributed by atoms with Gasteiger partial charge in [0.15, 0.2) is 11.5 Å². The van der Waals surface area contributed by atoms with E-state index in [1.165, 1.54) is 42.5 Å². The first-order valence-corrected chi connectivity index (χ1v) is 14.0. The Morgan fingerprint density at radius 2 is 1.94 bits per heavy atom. The number of nitrogens with zero attached hydrogens (tertiary/aromatic N) is 1. The molecule has 5 aliphatic carbocycles. The maximum Gasteiger partial charge on any atom is 0.165 e. The van der Waals surface area contributed by atoms with Gasteiger partial charge in [0.05, 0.1) is 13.2 Å². The fourth-order valence-electron chi connectivity index (χ4n) is 9.64. The van der Waals surface area contributed by atoms with E-state index in [-0.39, 0.29) is 28.5 Å². The highest BCUT2D eigenvalue weighted by molar-refractivity contribution is 5.63. The molecule has 0 radical (unpaired) electrons. The third kappa shape index (κ3) is 2.62. The van der Waals surface area contributed by atoms with Crippen LogP contribution in [0.5, 0.6) is 11.5 Å². The highest BCUT2D eigenvalue weighted by atomic mass is 16.6. The van der Waals surface area contributed by atoms with E-state index in [0.717, 1.165) is 43.9 Å². The van der Waals surface area contributed by atoms with E-state index < -0.39 is 0 Å². The zero-order chi connectivity index (χ0) is 24.1. The van der Waals surface area contributed by atoms with E-state index in [0.29, 0.717) is 25.0 Å². The number of phenols is 1. The highest BCUT2D eigenvalue weighted by Gasteiger charge is 2.80. The standard InChI is InChI=1S/C31H37NO4/c1-34-31-12-11-29(16-23(31)19-35-18-21-5-3-2-4-6-21)25-15-22-9-10-24(33)27-26(22)30(29,28(31)36-27)13-14-32(25)17-20-7-8-20/h2-6,9-10,20,23,25,28,33H,7-8,11-19H2,1H3/t23?,25-,28-,29-,30+,31?/m1/s1. The number of hydrogen-bond acceptors (Lipinski definition) is 5. The molecule has 0 amide bonds. The number of aromatic hydroxyl groups is 1. The zero-order valence-corrected chi connectivity index (χ0v) is 21.2. The number of ether oxygens (including phenoxy) is 3. The van der Waals surface area contributed by atoms with Crippen molar-refractivity contribution in [2.75, 3.05) is 26.8 Å². The van der Waals surface area contributed by atoms with Crippen molar-refractivity contribution in [3.63, 3.8) is 0 Å². The van der Waals surface area contributed by atoms with Crippen molar-refractivity contribution >= 4 is 0 Å². The van der Waals surface area contributed by atoms with Crippen molar-refractivity contribution in [1.29, 1.82) is 0 Å². The Balaban J connectivity index is 1.22. The van der Waals surface area contributed by atoms with Gasteiger partial charge in [0.1, 0.15) is 11.7 Å². The third-order valence-electron chi connectivity index (χ3n) is 11.2. The number of rotatable bonds is 7. The number of likely N-dealkylation sites (tertiary alicyclic amines) is 1. The van der Waals surface area contributed by atoms with Gasteiger partial charge in [-0.25, -0.2) is 0 Å². The van der Waals surface area contributed by atoms with Crippen molar-refractivity contribution in [2.45, 2.75) is 74.7 Å². The molecule has 2 aliphatic heterocycles. The molecule has 9 rings (SSSR count). The molecular weight excluding hydrogens is 450 g/mol. The molecule has 2 aromatic rings. The Hall–Kier alpha value is -2.08. The first-order valence-electron chi connectivity index (χ1n) is 14.0. The van der Waals surface area contributed by atoms with Crippen LogP contribution in [0, 0.1) is 17.3 Å². The average molecular weight is 488 g/mol. The van der Waals surface area contributed by atoms with Crippen LogP contribution in [0.2, 0.25) is 0 Å². The second-order valence-corrected chi connectivity index (χ2v) is 12.5. The Labute approximate surface area is 213 Å². The number of hydrogen-bond donors (Lipinski definition) is 1. The molecular formula is C31H37NO4. The third-order valence-corrected chi connectivity index (χ3v) is 11.2. The fraction of sp³-hybridized carbons (Fsp3) is 0.613. The molecule has 2 aromatic carbocycles. The highest BCUT2D eigenvalue weighted by Crippen LogP contribution is 2.76. The summed E-state index contributed by atoms with van der Waals surface area (Å²) >= 11 is 0. The number of methoxy groups -OCH3 is 1. The molecule has 5 fully saturated rings. The molecule has 2 unspecified atom stereocenters. The molecule has 7 aliphatic rings. The lowest BCUT2D eigenvalue weighted by Crippen LogP contribution is -2.81. The SMILES string of the molecule is COC12CC[C@@]3(CC1COCc1ccccc1)[C@H]1Cc4ccc(O)c5c4[C@@]3(CCN1CC1CC1)[C@H]2O5. The van der Waals surface area contributed by atoms with Crippen molar-refractivity contribution in [3.05, 3.63) is 59.2 Å². The summed E-state index contributed by atoms with van der Waals surface area (Å²) in [5, 5.41) is 11.0. The van der Waals surface area contributed by atoms with Gasteiger partial charge in [-0.05, 0) is 74.6 Å². The van der Waals surface area contributed by atoms with Gasteiger partial charge in [-0.3, -0.25) is 4.90 Å². The molecule has 2 spiro atoms. The number of benzene rings is 2. The summed E-state index contributed by atoms with van der Waals surface area (Å²) in [5.74, 6) is 2.22. The number of fused-ring (bicyclic) bond motifs is 2. The number of piperidine rings is 1. The van der Waals surface area contributed by atoms with E-state index in [2.05, 4.69) is 41.3 Å². The molecule has 2 heterocycles. The van der Waals surface area contributed by atoms with E-state index in [1.54, 1.807) is 0 Å². The second kappa shape index (κ2) is 7.49. The summed E-state index contributed by atoms with van der Waals surface area (Å²) in [4.78, 5) is 2.86. The molecule has 5 heteroatoms. The second-order valence-electron chi connectivity index (χ2n) is 12.5. The topological polar surface area (TPSA) is 51.2 Å². The average Bonchev–Trinajstić information content (AvgIpc) is 3.64. The minimum absolute atomic E-state index is 0.0595.